The maximum absolute atomic E-state index is 12.5. The quantitative estimate of drug-likeness (QED) is 0.217. The number of carbonyl (C=O) groups excluding carboxylic acids is 1. The van der Waals surface area contributed by atoms with Crippen molar-refractivity contribution in [2.75, 3.05) is 71.0 Å². The third-order valence-corrected chi connectivity index (χ3v) is 5.56. The van der Waals surface area contributed by atoms with Gasteiger partial charge in [-0.15, -0.1) is 24.0 Å². The van der Waals surface area contributed by atoms with Crippen molar-refractivity contribution in [3.05, 3.63) is 29.3 Å². The van der Waals surface area contributed by atoms with E-state index in [1.54, 1.807) is 7.05 Å². The number of benzene rings is 1. The Labute approximate surface area is 206 Å². The highest BCUT2D eigenvalue weighted by atomic mass is 127. The number of halogens is 2. The number of hydrogen-bond acceptors (Lipinski definition) is 5. The number of ether oxygens (including phenoxy) is 2. The monoisotopic (exact) mass is 565 g/mol. The molecule has 0 aromatic heterocycles. The number of aliphatic imine (C=N–C) groups is 1. The first-order valence-corrected chi connectivity index (χ1v) is 11.0. The molecule has 10 heteroatoms. The molecule has 31 heavy (non-hydrogen) atoms. The molecule has 3 rings (SSSR count). The van der Waals surface area contributed by atoms with Crippen molar-refractivity contribution in [3.63, 3.8) is 0 Å². The first-order chi connectivity index (χ1) is 14.7. The molecule has 1 amide bonds. The maximum Gasteiger partial charge on any atom is 0.242 e. The summed E-state index contributed by atoms with van der Waals surface area (Å²) < 4.78 is 11.0. The summed E-state index contributed by atoms with van der Waals surface area (Å²) in [6.07, 6.45) is 2.09. The summed E-state index contributed by atoms with van der Waals surface area (Å²) in [6.45, 7) is 6.19. The molecule has 1 aromatic rings. The van der Waals surface area contributed by atoms with E-state index in [4.69, 9.17) is 21.1 Å². The molecule has 2 fully saturated rings. The molecule has 0 aliphatic carbocycles. The summed E-state index contributed by atoms with van der Waals surface area (Å²) in [5, 5.41) is 7.06. The Morgan fingerprint density at radius 1 is 1.23 bits per heavy atom. The minimum absolute atomic E-state index is 0. The molecule has 1 aromatic carbocycles. The van der Waals surface area contributed by atoms with Gasteiger partial charge < -0.3 is 29.9 Å². The van der Waals surface area contributed by atoms with Crippen molar-refractivity contribution in [2.45, 2.75) is 18.9 Å². The van der Waals surface area contributed by atoms with Crippen LogP contribution in [0.15, 0.2) is 29.3 Å². The van der Waals surface area contributed by atoms with Crippen LogP contribution in [0.25, 0.3) is 0 Å². The maximum atomic E-state index is 12.5. The van der Waals surface area contributed by atoms with Crippen molar-refractivity contribution >= 4 is 53.1 Å². The first-order valence-electron chi connectivity index (χ1n) is 10.6. The number of rotatable bonds is 8. The molecule has 1 unspecified atom stereocenters. The predicted octanol–water partition coefficient (Wildman–Crippen LogP) is 1.97. The number of guanidine groups is 1. The highest BCUT2D eigenvalue weighted by Gasteiger charge is 2.21. The van der Waals surface area contributed by atoms with E-state index in [1.165, 1.54) is 0 Å². The van der Waals surface area contributed by atoms with E-state index in [0.717, 1.165) is 49.8 Å². The van der Waals surface area contributed by atoms with Gasteiger partial charge in [0.1, 0.15) is 0 Å². The van der Waals surface area contributed by atoms with Gasteiger partial charge in [0.2, 0.25) is 5.91 Å². The van der Waals surface area contributed by atoms with Gasteiger partial charge in [-0.25, -0.2) is 0 Å². The summed E-state index contributed by atoms with van der Waals surface area (Å²) in [7, 11) is 1.71. The molecule has 0 saturated carbocycles. The minimum atomic E-state index is 0. The molecule has 0 bridgehead atoms. The summed E-state index contributed by atoms with van der Waals surface area (Å²) in [5.74, 6) is 0.714. The second kappa shape index (κ2) is 14.0. The second-order valence-corrected chi connectivity index (χ2v) is 7.84. The Hall–Kier alpha value is -1.30. The molecular weight excluding hydrogens is 533 g/mol. The van der Waals surface area contributed by atoms with Crippen LogP contribution in [0, 0.1) is 0 Å². The topological polar surface area (TPSA) is 78.4 Å². The van der Waals surface area contributed by atoms with Gasteiger partial charge in [-0.3, -0.25) is 9.79 Å². The Balaban J connectivity index is 0.00000341. The number of anilines is 1. The lowest BCUT2D eigenvalue weighted by molar-refractivity contribution is -0.130. The van der Waals surface area contributed by atoms with Crippen LogP contribution < -0.4 is 15.5 Å². The van der Waals surface area contributed by atoms with Gasteiger partial charge in [-0.05, 0) is 37.1 Å². The van der Waals surface area contributed by atoms with Crippen molar-refractivity contribution in [1.29, 1.82) is 0 Å². The Kier molecular flexibility index (Phi) is 11.7. The molecule has 2 saturated heterocycles. The molecule has 2 aliphatic rings. The van der Waals surface area contributed by atoms with Crippen LogP contribution in [-0.4, -0.2) is 89.0 Å². The third-order valence-electron chi connectivity index (χ3n) is 5.31. The second-order valence-electron chi connectivity index (χ2n) is 7.41. The number of nitrogens with one attached hydrogen (secondary N) is 2. The van der Waals surface area contributed by atoms with Crippen molar-refractivity contribution in [1.82, 2.24) is 15.5 Å². The highest BCUT2D eigenvalue weighted by Crippen LogP contribution is 2.19. The normalized spacial score (nSPS) is 19.2. The molecule has 8 nitrogen and oxygen atoms in total. The standard InChI is InChI=1S/C21H32ClN5O3.HI/c1-23-21(24-8-2-13-30-19-7-14-29-16-19)25-15-20(28)27-11-9-26(10-12-27)18-5-3-17(22)4-6-18;/h3-6,19H,2,7-16H2,1H3,(H2,23,24,25);1H. The lowest BCUT2D eigenvalue weighted by Crippen LogP contribution is -2.52. The third kappa shape index (κ3) is 8.63. The fourth-order valence-corrected chi connectivity index (χ4v) is 3.66. The summed E-state index contributed by atoms with van der Waals surface area (Å²) >= 11 is 5.96. The zero-order chi connectivity index (χ0) is 21.2. The molecule has 174 valence electrons. The van der Waals surface area contributed by atoms with Crippen molar-refractivity contribution in [3.8, 4) is 0 Å². The molecule has 1 atom stereocenters. The van der Waals surface area contributed by atoms with Gasteiger partial charge in [-0.1, -0.05) is 11.6 Å². The first kappa shape index (κ1) is 26.0. The van der Waals surface area contributed by atoms with Gasteiger partial charge in [0, 0.05) is 63.7 Å². The summed E-state index contributed by atoms with van der Waals surface area (Å²) in [5.41, 5.74) is 1.14. The fourth-order valence-electron chi connectivity index (χ4n) is 3.53. The molecule has 0 spiro atoms. The van der Waals surface area contributed by atoms with Crippen LogP contribution in [0.5, 0.6) is 0 Å². The summed E-state index contributed by atoms with van der Waals surface area (Å²) in [6, 6.07) is 7.83. The lowest BCUT2D eigenvalue weighted by Gasteiger charge is -2.36. The van der Waals surface area contributed by atoms with Gasteiger partial charge in [-0.2, -0.15) is 0 Å². The average Bonchev–Trinajstić information content (AvgIpc) is 3.29. The molecule has 2 heterocycles. The largest absolute Gasteiger partial charge is 0.379 e. The Bertz CT molecular complexity index is 693. The van der Waals surface area contributed by atoms with E-state index < -0.39 is 0 Å². The van der Waals surface area contributed by atoms with E-state index in [2.05, 4.69) is 20.5 Å². The van der Waals surface area contributed by atoms with Crippen LogP contribution in [0.2, 0.25) is 5.02 Å². The van der Waals surface area contributed by atoms with Crippen molar-refractivity contribution in [2.24, 2.45) is 4.99 Å². The molecule has 2 aliphatic heterocycles. The average molecular weight is 566 g/mol. The van der Waals surface area contributed by atoms with E-state index in [1.807, 2.05) is 29.2 Å². The number of amides is 1. The summed E-state index contributed by atoms with van der Waals surface area (Å²) in [4.78, 5) is 20.9. The minimum Gasteiger partial charge on any atom is -0.379 e. The van der Waals surface area contributed by atoms with E-state index in [-0.39, 0.29) is 42.5 Å². The van der Waals surface area contributed by atoms with Crippen molar-refractivity contribution < 1.29 is 14.3 Å². The molecular formula is C21H33ClIN5O3. The van der Waals surface area contributed by atoms with Gasteiger partial charge in [0.25, 0.3) is 0 Å². The van der Waals surface area contributed by atoms with E-state index in [9.17, 15) is 4.79 Å². The fraction of sp³-hybridized carbons (Fsp3) is 0.619. The predicted molar refractivity (Wildman–Crippen MR) is 135 cm³/mol. The van der Waals surface area contributed by atoms with Crippen LogP contribution in [0.4, 0.5) is 5.69 Å². The number of hydrogen-bond donors (Lipinski definition) is 2. The van der Waals surface area contributed by atoms with Crippen LogP contribution in [0.1, 0.15) is 12.8 Å². The molecule has 0 radical (unpaired) electrons. The zero-order valence-corrected chi connectivity index (χ0v) is 21.1. The lowest BCUT2D eigenvalue weighted by atomic mass is 10.2. The van der Waals surface area contributed by atoms with Gasteiger partial charge >= 0.3 is 0 Å². The number of carbonyl (C=O) groups is 1. The van der Waals surface area contributed by atoms with E-state index in [0.29, 0.717) is 32.3 Å². The zero-order valence-electron chi connectivity index (χ0n) is 18.0. The Morgan fingerprint density at radius 3 is 2.61 bits per heavy atom. The SMILES string of the molecule is CN=C(NCCCOC1CCOC1)NCC(=O)N1CCN(c2ccc(Cl)cc2)CC1.I. The van der Waals surface area contributed by atoms with Crippen LogP contribution in [0.3, 0.4) is 0 Å². The van der Waals surface area contributed by atoms with Crippen LogP contribution in [-0.2, 0) is 14.3 Å². The smallest absolute Gasteiger partial charge is 0.242 e. The molecule has 2 N–H and O–H groups in total. The van der Waals surface area contributed by atoms with Crippen LogP contribution >= 0.6 is 35.6 Å². The van der Waals surface area contributed by atoms with Gasteiger partial charge in [0.05, 0.1) is 19.3 Å². The Morgan fingerprint density at radius 2 is 1.97 bits per heavy atom. The van der Waals surface area contributed by atoms with Gasteiger partial charge in [0.15, 0.2) is 5.96 Å². The van der Waals surface area contributed by atoms with E-state index >= 15 is 0 Å². The highest BCUT2D eigenvalue weighted by molar-refractivity contribution is 14.0. The number of nitrogens with zero attached hydrogens (tertiary/aromatic N) is 3. The number of piperazine rings is 1.